The number of amides is 1. The third-order valence-corrected chi connectivity index (χ3v) is 3.99. The molecule has 1 aliphatic rings. The Labute approximate surface area is 134 Å². The van der Waals surface area contributed by atoms with E-state index in [1.54, 1.807) is 16.8 Å². The molecule has 0 radical (unpaired) electrons. The van der Waals surface area contributed by atoms with Crippen molar-refractivity contribution in [3.05, 3.63) is 36.2 Å². The van der Waals surface area contributed by atoms with Crippen molar-refractivity contribution in [1.29, 1.82) is 0 Å². The summed E-state index contributed by atoms with van der Waals surface area (Å²) in [4.78, 5) is 14.4. The quantitative estimate of drug-likeness (QED) is 0.887. The van der Waals surface area contributed by atoms with Crippen LogP contribution in [0.25, 0.3) is 5.69 Å². The molecule has 2 aromatic rings. The first-order chi connectivity index (χ1) is 10.1. The Morgan fingerprint density at radius 1 is 1.32 bits per heavy atom. The standard InChI is InChI=1S/C14H18N6O.ClH/c1-10-8-19(7-6-13(10)15)14(21)11-2-4-12(5-3-11)20-9-16-17-18-20;/h2-5,9-10,13H,6-8,15H2,1H3;1H. The van der Waals surface area contributed by atoms with Gasteiger partial charge in [0.2, 0.25) is 0 Å². The summed E-state index contributed by atoms with van der Waals surface area (Å²) < 4.78 is 1.55. The van der Waals surface area contributed by atoms with Gasteiger partial charge in [-0.05, 0) is 47.0 Å². The predicted octanol–water partition coefficient (Wildman–Crippen LogP) is 0.893. The maximum absolute atomic E-state index is 12.5. The highest BCUT2D eigenvalue weighted by molar-refractivity contribution is 5.94. The average Bonchev–Trinajstić information content (AvgIpc) is 3.04. The molecule has 7 nitrogen and oxygen atoms in total. The number of hydrogen-bond donors (Lipinski definition) is 1. The summed E-state index contributed by atoms with van der Waals surface area (Å²) in [6, 6.07) is 7.47. The Hall–Kier alpha value is -1.99. The summed E-state index contributed by atoms with van der Waals surface area (Å²) in [5.41, 5.74) is 7.49. The summed E-state index contributed by atoms with van der Waals surface area (Å²) in [5.74, 6) is 0.389. The summed E-state index contributed by atoms with van der Waals surface area (Å²) in [6.45, 7) is 3.53. The van der Waals surface area contributed by atoms with E-state index < -0.39 is 0 Å². The average molecular weight is 323 g/mol. The Balaban J connectivity index is 0.00000176. The zero-order valence-corrected chi connectivity index (χ0v) is 13.1. The van der Waals surface area contributed by atoms with E-state index in [1.165, 1.54) is 6.33 Å². The third kappa shape index (κ3) is 3.26. The van der Waals surface area contributed by atoms with Gasteiger partial charge in [0.25, 0.3) is 5.91 Å². The van der Waals surface area contributed by atoms with Gasteiger partial charge in [-0.2, -0.15) is 0 Å². The van der Waals surface area contributed by atoms with Crippen LogP contribution in [0.1, 0.15) is 23.7 Å². The highest BCUT2D eigenvalue weighted by Gasteiger charge is 2.26. The Morgan fingerprint density at radius 3 is 2.64 bits per heavy atom. The van der Waals surface area contributed by atoms with E-state index >= 15 is 0 Å². The second-order valence-corrected chi connectivity index (χ2v) is 5.48. The SMILES string of the molecule is CC1CN(C(=O)c2ccc(-n3cnnn3)cc2)CCC1N.Cl. The zero-order valence-electron chi connectivity index (χ0n) is 12.3. The van der Waals surface area contributed by atoms with Crippen molar-refractivity contribution < 1.29 is 4.79 Å². The molecule has 0 aliphatic carbocycles. The first-order valence-corrected chi connectivity index (χ1v) is 7.03. The van der Waals surface area contributed by atoms with Crippen molar-refractivity contribution in [2.24, 2.45) is 11.7 Å². The number of hydrogen-bond acceptors (Lipinski definition) is 5. The van der Waals surface area contributed by atoms with Crippen molar-refractivity contribution in [3.63, 3.8) is 0 Å². The molecule has 1 aromatic heterocycles. The monoisotopic (exact) mass is 322 g/mol. The summed E-state index contributed by atoms with van der Waals surface area (Å²) in [6.07, 6.45) is 2.38. The molecule has 1 aliphatic heterocycles. The van der Waals surface area contributed by atoms with Crippen molar-refractivity contribution >= 4 is 18.3 Å². The number of tetrazole rings is 1. The molecule has 0 saturated carbocycles. The van der Waals surface area contributed by atoms with Crippen LogP contribution in [0.3, 0.4) is 0 Å². The smallest absolute Gasteiger partial charge is 0.253 e. The lowest BCUT2D eigenvalue weighted by atomic mass is 9.94. The topological polar surface area (TPSA) is 89.9 Å². The molecule has 0 spiro atoms. The van der Waals surface area contributed by atoms with Gasteiger partial charge in [-0.25, -0.2) is 4.68 Å². The Bertz CT molecular complexity index is 615. The number of likely N-dealkylation sites (tertiary alicyclic amines) is 1. The number of nitrogens with two attached hydrogens (primary N) is 1. The molecule has 1 fully saturated rings. The molecular weight excluding hydrogens is 304 g/mol. The minimum absolute atomic E-state index is 0. The first kappa shape index (κ1) is 16.4. The maximum Gasteiger partial charge on any atom is 0.253 e. The van der Waals surface area contributed by atoms with Crippen molar-refractivity contribution in [2.75, 3.05) is 13.1 Å². The zero-order chi connectivity index (χ0) is 14.8. The fourth-order valence-corrected chi connectivity index (χ4v) is 2.57. The summed E-state index contributed by atoms with van der Waals surface area (Å²) in [5, 5.41) is 11.0. The van der Waals surface area contributed by atoms with Crippen LogP contribution in [0.5, 0.6) is 0 Å². The van der Waals surface area contributed by atoms with Crippen LogP contribution in [0.2, 0.25) is 0 Å². The highest BCUT2D eigenvalue weighted by Crippen LogP contribution is 2.18. The largest absolute Gasteiger partial charge is 0.338 e. The van der Waals surface area contributed by atoms with Gasteiger partial charge < -0.3 is 10.6 Å². The van der Waals surface area contributed by atoms with Gasteiger partial charge in [-0.1, -0.05) is 6.92 Å². The lowest BCUT2D eigenvalue weighted by Crippen LogP contribution is -2.48. The number of carbonyl (C=O) groups is 1. The van der Waals surface area contributed by atoms with E-state index in [0.29, 0.717) is 11.5 Å². The molecular formula is C14H19ClN6O. The molecule has 1 aromatic carbocycles. The lowest BCUT2D eigenvalue weighted by Gasteiger charge is -2.35. The molecule has 3 rings (SSSR count). The molecule has 2 N–H and O–H groups in total. The van der Waals surface area contributed by atoms with Crippen LogP contribution in [0.15, 0.2) is 30.6 Å². The molecule has 22 heavy (non-hydrogen) atoms. The normalized spacial score (nSPS) is 21.3. The summed E-state index contributed by atoms with van der Waals surface area (Å²) >= 11 is 0. The number of aromatic nitrogens is 4. The van der Waals surface area contributed by atoms with E-state index in [0.717, 1.165) is 25.2 Å². The molecule has 1 amide bonds. The molecule has 8 heteroatoms. The fourth-order valence-electron chi connectivity index (χ4n) is 2.57. The Kier molecular flexibility index (Phi) is 5.10. The fraction of sp³-hybridized carbons (Fsp3) is 0.429. The Morgan fingerprint density at radius 2 is 2.05 bits per heavy atom. The van der Waals surface area contributed by atoms with Crippen LogP contribution >= 0.6 is 12.4 Å². The van der Waals surface area contributed by atoms with Crippen molar-refractivity contribution in [1.82, 2.24) is 25.1 Å². The molecule has 0 bridgehead atoms. The first-order valence-electron chi connectivity index (χ1n) is 7.03. The van der Waals surface area contributed by atoms with Gasteiger partial charge in [-0.3, -0.25) is 4.79 Å². The van der Waals surface area contributed by atoms with Crippen molar-refractivity contribution in [3.8, 4) is 5.69 Å². The van der Waals surface area contributed by atoms with E-state index in [2.05, 4.69) is 22.4 Å². The van der Waals surface area contributed by atoms with Gasteiger partial charge in [0.15, 0.2) is 0 Å². The van der Waals surface area contributed by atoms with E-state index in [-0.39, 0.29) is 24.4 Å². The number of benzene rings is 1. The van der Waals surface area contributed by atoms with E-state index in [1.807, 2.05) is 17.0 Å². The highest BCUT2D eigenvalue weighted by atomic mass is 35.5. The molecule has 2 atom stereocenters. The second kappa shape index (κ2) is 6.85. The second-order valence-electron chi connectivity index (χ2n) is 5.48. The van der Waals surface area contributed by atoms with Gasteiger partial charge in [-0.15, -0.1) is 17.5 Å². The maximum atomic E-state index is 12.5. The number of carbonyl (C=O) groups excluding carboxylic acids is 1. The van der Waals surface area contributed by atoms with Crippen LogP contribution in [-0.4, -0.2) is 50.1 Å². The van der Waals surface area contributed by atoms with E-state index in [9.17, 15) is 4.79 Å². The predicted molar refractivity (Wildman–Crippen MR) is 84.1 cm³/mol. The van der Waals surface area contributed by atoms with Gasteiger partial charge in [0.05, 0.1) is 5.69 Å². The van der Waals surface area contributed by atoms with Crippen LogP contribution in [0, 0.1) is 5.92 Å². The third-order valence-electron chi connectivity index (χ3n) is 3.99. The number of rotatable bonds is 2. The molecule has 118 valence electrons. The van der Waals surface area contributed by atoms with Gasteiger partial charge in [0.1, 0.15) is 6.33 Å². The molecule has 1 saturated heterocycles. The number of piperidine rings is 1. The van der Waals surface area contributed by atoms with Gasteiger partial charge >= 0.3 is 0 Å². The molecule has 2 heterocycles. The van der Waals surface area contributed by atoms with Gasteiger partial charge in [0, 0.05) is 24.7 Å². The van der Waals surface area contributed by atoms with Crippen LogP contribution in [-0.2, 0) is 0 Å². The number of nitrogens with zero attached hydrogens (tertiary/aromatic N) is 5. The van der Waals surface area contributed by atoms with E-state index in [4.69, 9.17) is 5.73 Å². The minimum Gasteiger partial charge on any atom is -0.338 e. The minimum atomic E-state index is 0. The number of halogens is 1. The summed E-state index contributed by atoms with van der Waals surface area (Å²) in [7, 11) is 0. The van der Waals surface area contributed by atoms with Crippen LogP contribution in [0.4, 0.5) is 0 Å². The van der Waals surface area contributed by atoms with Crippen molar-refractivity contribution in [2.45, 2.75) is 19.4 Å². The lowest BCUT2D eigenvalue weighted by molar-refractivity contribution is 0.0664. The molecule has 2 unspecified atom stereocenters. The van der Waals surface area contributed by atoms with Crippen LogP contribution < -0.4 is 5.73 Å².